The summed E-state index contributed by atoms with van der Waals surface area (Å²) in [4.78, 5) is 23.4. The van der Waals surface area contributed by atoms with Crippen LogP contribution in [-0.2, 0) is 27.3 Å². The number of methoxy groups -OCH3 is 1. The number of carbonyl (C=O) groups excluding carboxylic acids is 2. The molecule has 0 radical (unpaired) electrons. The second-order valence-electron chi connectivity index (χ2n) is 5.41. The Morgan fingerprint density at radius 2 is 1.64 bits per heavy atom. The van der Waals surface area contributed by atoms with Gasteiger partial charge in [0.05, 0.1) is 7.11 Å². The van der Waals surface area contributed by atoms with Crippen molar-refractivity contribution in [1.82, 2.24) is 5.32 Å². The van der Waals surface area contributed by atoms with E-state index in [0.717, 1.165) is 16.9 Å². The van der Waals surface area contributed by atoms with Crippen LogP contribution in [0.5, 0.6) is 5.75 Å². The van der Waals surface area contributed by atoms with Crippen molar-refractivity contribution in [3.8, 4) is 5.75 Å². The molecule has 25 heavy (non-hydrogen) atoms. The van der Waals surface area contributed by atoms with E-state index in [9.17, 15) is 9.59 Å². The van der Waals surface area contributed by atoms with Crippen LogP contribution >= 0.6 is 11.6 Å². The lowest BCUT2D eigenvalue weighted by molar-refractivity contribution is -0.148. The van der Waals surface area contributed by atoms with Crippen molar-refractivity contribution in [2.24, 2.45) is 0 Å². The molecule has 0 atom stereocenters. The number of carbonyl (C=O) groups is 2. The minimum absolute atomic E-state index is 0.219. The van der Waals surface area contributed by atoms with Crippen LogP contribution in [0.25, 0.3) is 0 Å². The summed E-state index contributed by atoms with van der Waals surface area (Å²) in [5.74, 6) is 0.0221. The van der Waals surface area contributed by atoms with E-state index in [-0.39, 0.29) is 18.9 Å². The maximum absolute atomic E-state index is 11.7. The fourth-order valence-electron chi connectivity index (χ4n) is 2.11. The summed E-state index contributed by atoms with van der Waals surface area (Å²) >= 11 is 5.80. The number of benzene rings is 2. The highest BCUT2D eigenvalue weighted by Crippen LogP contribution is 2.13. The van der Waals surface area contributed by atoms with Crippen LogP contribution in [0, 0.1) is 0 Å². The number of aryl methyl sites for hydroxylation is 1. The van der Waals surface area contributed by atoms with E-state index in [0.29, 0.717) is 18.0 Å². The van der Waals surface area contributed by atoms with Crippen LogP contribution in [0.3, 0.4) is 0 Å². The van der Waals surface area contributed by atoms with Gasteiger partial charge in [0.1, 0.15) is 5.75 Å². The van der Waals surface area contributed by atoms with E-state index in [4.69, 9.17) is 21.1 Å². The Morgan fingerprint density at radius 3 is 2.28 bits per heavy atom. The van der Waals surface area contributed by atoms with E-state index in [1.165, 1.54) is 0 Å². The number of halogens is 1. The zero-order chi connectivity index (χ0) is 18.1. The van der Waals surface area contributed by atoms with Crippen molar-refractivity contribution in [2.45, 2.75) is 19.4 Å². The number of amides is 1. The molecule has 2 rings (SSSR count). The first-order valence-electron chi connectivity index (χ1n) is 7.86. The normalized spacial score (nSPS) is 10.2. The SMILES string of the molecule is COc1ccc(CCC(=O)OCC(=O)NCc2ccc(Cl)cc2)cc1. The van der Waals surface area contributed by atoms with E-state index in [1.807, 2.05) is 36.4 Å². The number of ether oxygens (including phenoxy) is 2. The fraction of sp³-hybridized carbons (Fsp3) is 0.263. The monoisotopic (exact) mass is 361 g/mol. The molecule has 0 aliphatic heterocycles. The largest absolute Gasteiger partial charge is 0.497 e. The molecule has 2 aromatic carbocycles. The van der Waals surface area contributed by atoms with E-state index < -0.39 is 5.97 Å². The number of rotatable bonds is 8. The van der Waals surface area contributed by atoms with Crippen molar-refractivity contribution in [1.29, 1.82) is 0 Å². The molecule has 5 nitrogen and oxygen atoms in total. The van der Waals surface area contributed by atoms with Crippen LogP contribution in [0.2, 0.25) is 5.02 Å². The van der Waals surface area contributed by atoms with Gasteiger partial charge in [0, 0.05) is 18.0 Å². The van der Waals surface area contributed by atoms with Crippen LogP contribution < -0.4 is 10.1 Å². The summed E-state index contributed by atoms with van der Waals surface area (Å²) in [5.41, 5.74) is 1.92. The molecule has 1 amide bonds. The summed E-state index contributed by atoms with van der Waals surface area (Å²) < 4.78 is 10.1. The predicted octanol–water partition coefficient (Wildman–Crippen LogP) is 3.14. The second-order valence-corrected chi connectivity index (χ2v) is 5.85. The molecule has 132 valence electrons. The van der Waals surface area contributed by atoms with E-state index >= 15 is 0 Å². The third-order valence-electron chi connectivity index (χ3n) is 3.54. The molecule has 0 spiro atoms. The molecule has 0 fully saturated rings. The average Bonchev–Trinajstić information content (AvgIpc) is 2.64. The maximum atomic E-state index is 11.7. The van der Waals surface area contributed by atoms with Gasteiger partial charge in [-0.2, -0.15) is 0 Å². The van der Waals surface area contributed by atoms with Crippen molar-refractivity contribution >= 4 is 23.5 Å². The Labute approximate surface area is 151 Å². The van der Waals surface area contributed by atoms with Gasteiger partial charge in [-0.1, -0.05) is 35.9 Å². The smallest absolute Gasteiger partial charge is 0.306 e. The molecule has 0 aliphatic carbocycles. The lowest BCUT2D eigenvalue weighted by Gasteiger charge is -2.07. The molecule has 0 aliphatic rings. The summed E-state index contributed by atoms with van der Waals surface area (Å²) in [5, 5.41) is 3.33. The standard InChI is InChI=1S/C19H20ClNO4/c1-24-17-9-4-14(5-10-17)6-11-19(23)25-13-18(22)21-12-15-2-7-16(20)8-3-15/h2-5,7-10H,6,11-13H2,1H3,(H,21,22). The summed E-state index contributed by atoms with van der Waals surface area (Å²) in [6, 6.07) is 14.6. The number of esters is 1. The quantitative estimate of drug-likeness (QED) is 0.733. The third kappa shape index (κ3) is 6.85. The molecule has 1 N–H and O–H groups in total. The first kappa shape index (κ1) is 18.8. The highest BCUT2D eigenvalue weighted by Gasteiger charge is 2.08. The molecule has 0 saturated carbocycles. The van der Waals surface area contributed by atoms with Crippen LogP contribution in [0.1, 0.15) is 17.5 Å². The molecule has 2 aromatic rings. The Morgan fingerprint density at radius 1 is 1.00 bits per heavy atom. The van der Waals surface area contributed by atoms with Gasteiger partial charge >= 0.3 is 5.97 Å². The molecular formula is C19H20ClNO4. The molecular weight excluding hydrogens is 342 g/mol. The first-order chi connectivity index (χ1) is 12.1. The second kappa shape index (κ2) is 9.69. The Bertz CT molecular complexity index is 698. The minimum atomic E-state index is -0.405. The summed E-state index contributed by atoms with van der Waals surface area (Å²) in [6.07, 6.45) is 0.770. The molecule has 0 aromatic heterocycles. The summed E-state index contributed by atoms with van der Waals surface area (Å²) in [7, 11) is 1.60. The molecule has 6 heteroatoms. The predicted molar refractivity (Wildman–Crippen MR) is 95.6 cm³/mol. The first-order valence-corrected chi connectivity index (χ1v) is 8.24. The van der Waals surface area contributed by atoms with Crippen LogP contribution in [0.15, 0.2) is 48.5 Å². The van der Waals surface area contributed by atoms with E-state index in [2.05, 4.69) is 5.32 Å². The maximum Gasteiger partial charge on any atom is 0.306 e. The van der Waals surface area contributed by atoms with Gasteiger partial charge in [-0.05, 0) is 41.8 Å². The number of nitrogens with one attached hydrogen (secondary N) is 1. The molecule has 0 heterocycles. The van der Waals surface area contributed by atoms with Gasteiger partial charge in [0.15, 0.2) is 6.61 Å². The van der Waals surface area contributed by atoms with Gasteiger partial charge in [0.2, 0.25) is 0 Å². The molecule has 0 bridgehead atoms. The lowest BCUT2D eigenvalue weighted by Crippen LogP contribution is -2.28. The molecule has 0 saturated heterocycles. The van der Waals surface area contributed by atoms with Crippen LogP contribution in [-0.4, -0.2) is 25.6 Å². The average molecular weight is 362 g/mol. The summed E-state index contributed by atoms with van der Waals surface area (Å²) in [6.45, 7) is 0.0778. The fourth-order valence-corrected chi connectivity index (χ4v) is 2.24. The number of hydrogen-bond acceptors (Lipinski definition) is 4. The topological polar surface area (TPSA) is 64.6 Å². The van der Waals surface area contributed by atoms with Crippen molar-refractivity contribution in [3.63, 3.8) is 0 Å². The Balaban J connectivity index is 1.64. The van der Waals surface area contributed by atoms with E-state index in [1.54, 1.807) is 19.2 Å². The zero-order valence-electron chi connectivity index (χ0n) is 14.0. The van der Waals surface area contributed by atoms with Gasteiger partial charge in [0.25, 0.3) is 5.91 Å². The zero-order valence-corrected chi connectivity index (χ0v) is 14.7. The van der Waals surface area contributed by atoms with Gasteiger partial charge < -0.3 is 14.8 Å². The minimum Gasteiger partial charge on any atom is -0.497 e. The van der Waals surface area contributed by atoms with Crippen molar-refractivity contribution in [2.75, 3.05) is 13.7 Å². The van der Waals surface area contributed by atoms with Crippen LogP contribution in [0.4, 0.5) is 0 Å². The molecule has 0 unspecified atom stereocenters. The Kier molecular flexibility index (Phi) is 7.29. The highest BCUT2D eigenvalue weighted by molar-refractivity contribution is 6.30. The van der Waals surface area contributed by atoms with Crippen molar-refractivity contribution in [3.05, 3.63) is 64.7 Å². The van der Waals surface area contributed by atoms with Gasteiger partial charge in [-0.15, -0.1) is 0 Å². The van der Waals surface area contributed by atoms with Crippen molar-refractivity contribution < 1.29 is 19.1 Å². The third-order valence-corrected chi connectivity index (χ3v) is 3.80. The number of hydrogen-bond donors (Lipinski definition) is 1. The lowest BCUT2D eigenvalue weighted by atomic mass is 10.1. The van der Waals surface area contributed by atoms with Gasteiger partial charge in [-0.25, -0.2) is 0 Å². The Hall–Kier alpha value is -2.53. The van der Waals surface area contributed by atoms with Gasteiger partial charge in [-0.3, -0.25) is 9.59 Å². The highest BCUT2D eigenvalue weighted by atomic mass is 35.5.